The molecule has 2 rings (SSSR count). The van der Waals surface area contributed by atoms with Crippen LogP contribution in [0.5, 0.6) is 11.5 Å². The number of aromatic hydroxyl groups is 1. The van der Waals surface area contributed by atoms with Crippen LogP contribution in [-0.4, -0.2) is 34.9 Å². The van der Waals surface area contributed by atoms with Crippen molar-refractivity contribution in [2.75, 3.05) is 6.54 Å². The van der Waals surface area contributed by atoms with Gasteiger partial charge in [0.15, 0.2) is 0 Å². The zero-order chi connectivity index (χ0) is 19.3. The van der Waals surface area contributed by atoms with Gasteiger partial charge in [0.05, 0.1) is 5.56 Å². The lowest BCUT2D eigenvalue weighted by molar-refractivity contribution is -0.0251. The van der Waals surface area contributed by atoms with Crippen LogP contribution in [0.1, 0.15) is 31.1 Å². The molecule has 2 aromatic carbocycles. The number of rotatable bonds is 6. The van der Waals surface area contributed by atoms with E-state index in [9.17, 15) is 15.0 Å². The van der Waals surface area contributed by atoms with Crippen molar-refractivity contribution in [1.29, 1.82) is 0 Å². The molecule has 140 valence electrons. The van der Waals surface area contributed by atoms with Crippen molar-refractivity contribution in [2.24, 2.45) is 5.41 Å². The van der Waals surface area contributed by atoms with E-state index in [-0.39, 0.29) is 23.3 Å². The predicted octanol–water partition coefficient (Wildman–Crippen LogP) is 3.63. The fourth-order valence-electron chi connectivity index (χ4n) is 2.56. The highest BCUT2D eigenvalue weighted by Crippen LogP contribution is 2.28. The van der Waals surface area contributed by atoms with Gasteiger partial charge in [0.25, 0.3) is 5.91 Å². The average molecular weight is 378 g/mol. The molecule has 0 aliphatic heterocycles. The van der Waals surface area contributed by atoms with E-state index in [1.807, 2.05) is 20.8 Å². The Hall–Kier alpha value is -2.24. The molecule has 2 unspecified atom stereocenters. The topological polar surface area (TPSA) is 78.8 Å². The van der Waals surface area contributed by atoms with Crippen LogP contribution in [0.4, 0.5) is 0 Å². The van der Waals surface area contributed by atoms with E-state index < -0.39 is 18.1 Å². The van der Waals surface area contributed by atoms with Crippen LogP contribution in [0, 0.1) is 5.41 Å². The van der Waals surface area contributed by atoms with E-state index in [2.05, 4.69) is 5.32 Å². The molecule has 1 amide bonds. The Bertz CT molecular complexity index is 740. The summed E-state index contributed by atoms with van der Waals surface area (Å²) in [6.45, 7) is 5.83. The number of aliphatic hydroxyl groups excluding tert-OH is 1. The van der Waals surface area contributed by atoms with Gasteiger partial charge < -0.3 is 20.3 Å². The first-order valence-electron chi connectivity index (χ1n) is 8.35. The van der Waals surface area contributed by atoms with E-state index in [0.717, 1.165) is 0 Å². The molecule has 0 radical (unpaired) electrons. The van der Waals surface area contributed by atoms with Crippen LogP contribution in [0.2, 0.25) is 5.02 Å². The van der Waals surface area contributed by atoms with Gasteiger partial charge in [-0.2, -0.15) is 0 Å². The Balaban J connectivity index is 2.05. The standard InChI is InChI=1S/C20H24ClNO4/c1-20(2,3)18(26-14-10-8-13(21)9-11-14)17(24)12-22-19(25)15-6-4-5-7-16(15)23/h4-11,17-18,23-24H,12H2,1-3H3,(H,22,25). The van der Waals surface area contributed by atoms with E-state index in [4.69, 9.17) is 16.3 Å². The summed E-state index contributed by atoms with van der Waals surface area (Å²) in [4.78, 5) is 12.2. The number of para-hydroxylation sites is 1. The molecule has 0 heterocycles. The molecule has 26 heavy (non-hydrogen) atoms. The highest BCUT2D eigenvalue weighted by Gasteiger charge is 2.33. The van der Waals surface area contributed by atoms with Gasteiger partial charge in [-0.25, -0.2) is 0 Å². The molecular weight excluding hydrogens is 354 g/mol. The summed E-state index contributed by atoms with van der Waals surface area (Å²) in [5.74, 6) is 0.0194. The lowest BCUT2D eigenvalue weighted by Crippen LogP contribution is -2.48. The maximum Gasteiger partial charge on any atom is 0.255 e. The number of benzene rings is 2. The molecule has 2 atom stereocenters. The number of amides is 1. The Kier molecular flexibility index (Phi) is 6.51. The van der Waals surface area contributed by atoms with Gasteiger partial charge in [0.1, 0.15) is 23.7 Å². The molecule has 5 nitrogen and oxygen atoms in total. The molecule has 0 saturated carbocycles. The number of aliphatic hydroxyl groups is 1. The number of carbonyl (C=O) groups excluding carboxylic acids is 1. The van der Waals surface area contributed by atoms with Crippen molar-refractivity contribution in [1.82, 2.24) is 5.32 Å². The smallest absolute Gasteiger partial charge is 0.255 e. The Morgan fingerprint density at radius 2 is 1.77 bits per heavy atom. The maximum atomic E-state index is 12.2. The Labute approximate surface area is 158 Å². The predicted molar refractivity (Wildman–Crippen MR) is 102 cm³/mol. The monoisotopic (exact) mass is 377 g/mol. The first-order valence-corrected chi connectivity index (χ1v) is 8.73. The number of phenols is 1. The largest absolute Gasteiger partial charge is 0.507 e. The van der Waals surface area contributed by atoms with Crippen LogP contribution < -0.4 is 10.1 Å². The summed E-state index contributed by atoms with van der Waals surface area (Å²) in [7, 11) is 0. The number of hydrogen-bond acceptors (Lipinski definition) is 4. The third-order valence-electron chi connectivity index (χ3n) is 3.90. The quantitative estimate of drug-likeness (QED) is 0.718. The van der Waals surface area contributed by atoms with Crippen molar-refractivity contribution in [3.63, 3.8) is 0 Å². The van der Waals surface area contributed by atoms with Crippen molar-refractivity contribution >= 4 is 17.5 Å². The highest BCUT2D eigenvalue weighted by atomic mass is 35.5. The normalized spacial score (nSPS) is 13.7. The number of nitrogens with one attached hydrogen (secondary N) is 1. The van der Waals surface area contributed by atoms with E-state index in [0.29, 0.717) is 10.8 Å². The van der Waals surface area contributed by atoms with Crippen LogP contribution >= 0.6 is 11.6 Å². The van der Waals surface area contributed by atoms with Gasteiger partial charge >= 0.3 is 0 Å². The molecule has 0 aliphatic carbocycles. The second kappa shape index (κ2) is 8.43. The van der Waals surface area contributed by atoms with Crippen LogP contribution in [0.3, 0.4) is 0 Å². The van der Waals surface area contributed by atoms with Crippen molar-refractivity contribution in [3.05, 3.63) is 59.1 Å². The van der Waals surface area contributed by atoms with Crippen molar-refractivity contribution in [3.8, 4) is 11.5 Å². The minimum atomic E-state index is -0.944. The SMILES string of the molecule is CC(C)(C)C(Oc1ccc(Cl)cc1)C(O)CNC(=O)c1ccccc1O. The summed E-state index contributed by atoms with van der Waals surface area (Å²) in [5, 5.41) is 23.6. The van der Waals surface area contributed by atoms with Gasteiger partial charge in [-0.1, -0.05) is 44.5 Å². The third-order valence-corrected chi connectivity index (χ3v) is 4.15. The van der Waals surface area contributed by atoms with E-state index >= 15 is 0 Å². The van der Waals surface area contributed by atoms with Crippen molar-refractivity contribution in [2.45, 2.75) is 33.0 Å². The Morgan fingerprint density at radius 1 is 1.15 bits per heavy atom. The molecular formula is C20H24ClNO4. The molecule has 0 aliphatic rings. The fraction of sp³-hybridized carbons (Fsp3) is 0.350. The molecule has 6 heteroatoms. The summed E-state index contributed by atoms with van der Waals surface area (Å²) in [5.41, 5.74) is -0.218. The summed E-state index contributed by atoms with van der Waals surface area (Å²) in [6.07, 6.45) is -1.51. The molecule has 0 saturated heterocycles. The summed E-state index contributed by atoms with van der Waals surface area (Å²) < 4.78 is 5.95. The molecule has 0 bridgehead atoms. The highest BCUT2D eigenvalue weighted by molar-refractivity contribution is 6.30. The number of ether oxygens (including phenoxy) is 1. The van der Waals surface area contributed by atoms with Crippen LogP contribution in [0.25, 0.3) is 0 Å². The second-order valence-corrected chi connectivity index (χ2v) is 7.59. The van der Waals surface area contributed by atoms with Gasteiger partial charge in [0, 0.05) is 17.0 Å². The number of carbonyl (C=O) groups is 1. The lowest BCUT2D eigenvalue weighted by atomic mass is 9.85. The van der Waals surface area contributed by atoms with Crippen LogP contribution in [-0.2, 0) is 0 Å². The minimum Gasteiger partial charge on any atom is -0.507 e. The number of hydrogen-bond donors (Lipinski definition) is 3. The molecule has 0 spiro atoms. The first-order chi connectivity index (χ1) is 12.2. The fourth-order valence-corrected chi connectivity index (χ4v) is 2.68. The van der Waals surface area contributed by atoms with Crippen molar-refractivity contribution < 1.29 is 19.7 Å². The number of halogens is 1. The zero-order valence-corrected chi connectivity index (χ0v) is 15.8. The molecule has 2 aromatic rings. The molecule has 0 aromatic heterocycles. The molecule has 3 N–H and O–H groups in total. The zero-order valence-electron chi connectivity index (χ0n) is 15.1. The maximum absolute atomic E-state index is 12.2. The van der Waals surface area contributed by atoms with Gasteiger partial charge in [-0.3, -0.25) is 4.79 Å². The third kappa shape index (κ3) is 5.38. The van der Waals surface area contributed by atoms with Gasteiger partial charge in [0.2, 0.25) is 0 Å². The van der Waals surface area contributed by atoms with Gasteiger partial charge in [-0.15, -0.1) is 0 Å². The first kappa shape index (κ1) is 20.1. The van der Waals surface area contributed by atoms with E-state index in [1.165, 1.54) is 12.1 Å². The van der Waals surface area contributed by atoms with Crippen LogP contribution in [0.15, 0.2) is 48.5 Å². The minimum absolute atomic E-state index is 0.0112. The number of phenolic OH excluding ortho intramolecular Hbond substituents is 1. The summed E-state index contributed by atoms with van der Waals surface area (Å²) >= 11 is 5.88. The lowest BCUT2D eigenvalue weighted by Gasteiger charge is -2.34. The molecule has 0 fully saturated rings. The average Bonchev–Trinajstić information content (AvgIpc) is 2.58. The summed E-state index contributed by atoms with van der Waals surface area (Å²) in [6, 6.07) is 13.1. The van der Waals surface area contributed by atoms with E-state index in [1.54, 1.807) is 36.4 Å². The van der Waals surface area contributed by atoms with Gasteiger partial charge in [-0.05, 0) is 36.4 Å². The second-order valence-electron chi connectivity index (χ2n) is 7.15. The Morgan fingerprint density at radius 3 is 2.35 bits per heavy atom.